The molecule has 0 aliphatic carbocycles. The normalized spacial score (nSPS) is 9.82. The third kappa shape index (κ3) is 5.42. The Balaban J connectivity index is -0.000000320. The topological polar surface area (TPSA) is 28.5 Å². The zero-order valence-corrected chi connectivity index (χ0v) is 10.6. The zero-order chi connectivity index (χ0) is 7.33. The summed E-state index contributed by atoms with van der Waals surface area (Å²) in [5, 5.41) is 0. The fourth-order valence-electron chi connectivity index (χ4n) is 1.34. The molecule has 0 N–H and O–H groups in total. The van der Waals surface area contributed by atoms with Gasteiger partial charge in [-0.15, -0.1) is 0 Å². The number of hydrogen-bond acceptors (Lipinski definition) is 0. The molecule has 0 saturated carbocycles. The van der Waals surface area contributed by atoms with Crippen LogP contribution in [0.15, 0.2) is 0 Å². The Kier molecular flexibility index (Phi) is 15.2. The number of hydrogen-bond donors (Lipinski definition) is 0. The molecule has 65 valence electrons. The van der Waals surface area contributed by atoms with Gasteiger partial charge in [0.15, 0.2) is 0 Å². The van der Waals surface area contributed by atoms with Crippen LogP contribution in [0.5, 0.6) is 0 Å². The quantitative estimate of drug-likeness (QED) is 0.469. The summed E-state index contributed by atoms with van der Waals surface area (Å²) < 4.78 is 1.28. The number of quaternary nitrogens is 1. The third-order valence-corrected chi connectivity index (χ3v) is 2.68. The molecule has 0 spiro atoms. The van der Waals surface area contributed by atoms with E-state index in [1.807, 2.05) is 0 Å². The van der Waals surface area contributed by atoms with Gasteiger partial charge >= 0.3 is 37.7 Å². The van der Waals surface area contributed by atoms with Crippen LogP contribution in [0.25, 0.3) is 0 Å². The molecule has 0 amide bonds. The first-order valence-corrected chi connectivity index (χ1v) is 4.09. The van der Waals surface area contributed by atoms with E-state index in [1.165, 1.54) is 30.7 Å². The molecule has 2 nitrogen and oxygen atoms in total. The van der Waals surface area contributed by atoms with E-state index in [9.17, 15) is 0 Å². The van der Waals surface area contributed by atoms with Gasteiger partial charge in [-0.05, 0) is 27.7 Å². The van der Waals surface area contributed by atoms with Crippen molar-refractivity contribution in [1.82, 2.24) is 0 Å². The summed E-state index contributed by atoms with van der Waals surface area (Å²) in [6.07, 6.45) is 0. The molecule has 0 bridgehead atoms. The van der Waals surface area contributed by atoms with Crippen molar-refractivity contribution < 1.29 is 9.96 Å². The number of rotatable bonds is 4. The largest absolute Gasteiger partial charge is 2.00 e. The minimum Gasteiger partial charge on any atom is -2.00 e. The Hall–Kier alpha value is 1.18. The summed E-state index contributed by atoms with van der Waals surface area (Å²) in [5.41, 5.74) is 0. The second kappa shape index (κ2) is 9.27. The van der Waals surface area contributed by atoms with E-state index in [0.717, 1.165) is 0 Å². The summed E-state index contributed by atoms with van der Waals surface area (Å²) in [7, 11) is 0. The van der Waals surface area contributed by atoms with Crippen LogP contribution in [0, 0.1) is 0 Å². The summed E-state index contributed by atoms with van der Waals surface area (Å²) >= 11 is 0. The molecule has 1 radical (unpaired) electrons. The first-order valence-electron chi connectivity index (χ1n) is 4.09. The van der Waals surface area contributed by atoms with Crippen LogP contribution in [0.2, 0.25) is 0 Å². The van der Waals surface area contributed by atoms with E-state index < -0.39 is 0 Å². The second-order valence-corrected chi connectivity index (χ2v) is 2.61. The van der Waals surface area contributed by atoms with Crippen molar-refractivity contribution in [2.75, 3.05) is 26.2 Å². The van der Waals surface area contributed by atoms with E-state index in [1.54, 1.807) is 0 Å². The first-order chi connectivity index (χ1) is 4.24. The van der Waals surface area contributed by atoms with Gasteiger partial charge in [0, 0.05) is 0 Å². The fourth-order valence-corrected chi connectivity index (χ4v) is 1.34. The van der Waals surface area contributed by atoms with Crippen molar-refractivity contribution in [3.05, 3.63) is 0 Å². The molecular formula is C8H20CaNO. The van der Waals surface area contributed by atoms with E-state index in [-0.39, 0.29) is 43.2 Å². The maximum Gasteiger partial charge on any atom is 1.00 e. The predicted molar refractivity (Wildman–Crippen MR) is 48.9 cm³/mol. The Bertz CT molecular complexity index is 57.0. The smallest absolute Gasteiger partial charge is 1.00 e. The van der Waals surface area contributed by atoms with Crippen LogP contribution in [-0.4, -0.2) is 68.4 Å². The maximum absolute atomic E-state index is 2.27. The SMILES string of the molecule is CC[N+](CC)(CC)CC.[Ca+].[O-2]. The fraction of sp³-hybridized carbons (Fsp3) is 1.00. The van der Waals surface area contributed by atoms with E-state index in [2.05, 4.69) is 27.7 Å². The Morgan fingerprint density at radius 2 is 0.909 bits per heavy atom. The molecule has 0 unspecified atom stereocenters. The average molecular weight is 186 g/mol. The summed E-state index contributed by atoms with van der Waals surface area (Å²) in [5.74, 6) is 0. The van der Waals surface area contributed by atoms with Crippen LogP contribution >= 0.6 is 0 Å². The van der Waals surface area contributed by atoms with Gasteiger partial charge < -0.3 is 9.96 Å². The van der Waals surface area contributed by atoms with Gasteiger partial charge in [0.25, 0.3) is 0 Å². The van der Waals surface area contributed by atoms with Gasteiger partial charge in [-0.3, -0.25) is 0 Å². The van der Waals surface area contributed by atoms with Gasteiger partial charge in [-0.25, -0.2) is 0 Å². The van der Waals surface area contributed by atoms with Gasteiger partial charge in [-0.1, -0.05) is 0 Å². The zero-order valence-electron chi connectivity index (χ0n) is 8.39. The average Bonchev–Trinajstić information content (AvgIpc) is 1.95. The Morgan fingerprint density at radius 1 is 0.727 bits per heavy atom. The van der Waals surface area contributed by atoms with Crippen molar-refractivity contribution >= 4 is 37.7 Å². The van der Waals surface area contributed by atoms with Crippen molar-refractivity contribution in [3.8, 4) is 0 Å². The van der Waals surface area contributed by atoms with Crippen molar-refractivity contribution in [2.24, 2.45) is 0 Å². The molecule has 0 aliphatic rings. The van der Waals surface area contributed by atoms with Crippen molar-refractivity contribution in [1.29, 1.82) is 0 Å². The summed E-state index contributed by atoms with van der Waals surface area (Å²) in [4.78, 5) is 0. The van der Waals surface area contributed by atoms with Crippen molar-refractivity contribution in [3.63, 3.8) is 0 Å². The molecule has 11 heavy (non-hydrogen) atoms. The molecule has 0 aromatic rings. The van der Waals surface area contributed by atoms with Gasteiger partial charge in [0.1, 0.15) is 0 Å². The molecule has 0 fully saturated rings. The monoisotopic (exact) mass is 186 g/mol. The molecule has 0 saturated heterocycles. The summed E-state index contributed by atoms with van der Waals surface area (Å²) in [6, 6.07) is 0. The number of nitrogens with zero attached hydrogens (tertiary/aromatic N) is 1. The van der Waals surface area contributed by atoms with Crippen LogP contribution in [0.3, 0.4) is 0 Å². The van der Waals surface area contributed by atoms with Crippen LogP contribution in [-0.2, 0) is 5.48 Å². The Labute approximate surface area is 101 Å². The predicted octanol–water partition coefficient (Wildman–Crippen LogP) is 1.38. The van der Waals surface area contributed by atoms with Crippen molar-refractivity contribution in [2.45, 2.75) is 27.7 Å². The van der Waals surface area contributed by atoms with E-state index in [4.69, 9.17) is 0 Å². The van der Waals surface area contributed by atoms with Crippen LogP contribution in [0.4, 0.5) is 0 Å². The van der Waals surface area contributed by atoms with E-state index in [0.29, 0.717) is 0 Å². The molecular weight excluding hydrogens is 166 g/mol. The van der Waals surface area contributed by atoms with Crippen LogP contribution in [0.1, 0.15) is 27.7 Å². The molecule has 0 heterocycles. The van der Waals surface area contributed by atoms with Gasteiger partial charge in [0.2, 0.25) is 0 Å². The minimum atomic E-state index is 0. The standard InChI is InChI=1S/C8H20N.Ca.O/c1-5-9(6-2,7-3)8-4;;/h5-8H2,1-4H3;;/q2*+1;-2. The summed E-state index contributed by atoms with van der Waals surface area (Å²) in [6.45, 7) is 14.2. The van der Waals surface area contributed by atoms with Gasteiger partial charge in [0.05, 0.1) is 26.2 Å². The minimum absolute atomic E-state index is 0. The van der Waals surface area contributed by atoms with Crippen LogP contribution < -0.4 is 0 Å². The second-order valence-electron chi connectivity index (χ2n) is 2.61. The van der Waals surface area contributed by atoms with Gasteiger partial charge in [-0.2, -0.15) is 0 Å². The molecule has 0 rings (SSSR count). The molecule has 0 atom stereocenters. The molecule has 3 heteroatoms. The maximum atomic E-state index is 2.27. The molecule has 0 aromatic carbocycles. The van der Waals surface area contributed by atoms with E-state index >= 15 is 0 Å². The molecule has 0 aromatic heterocycles. The first kappa shape index (κ1) is 18.1. The third-order valence-electron chi connectivity index (χ3n) is 2.68. The Morgan fingerprint density at radius 3 is 0.909 bits per heavy atom. The molecule has 0 aliphatic heterocycles.